The van der Waals surface area contributed by atoms with Gasteiger partial charge in [0.1, 0.15) is 0 Å². The molecule has 1 fully saturated rings. The number of ether oxygens (including phenoxy) is 1. The molecular formula is C12H20N2O2. The zero-order valence-electron chi connectivity index (χ0n) is 10.1. The lowest BCUT2D eigenvalue weighted by Gasteiger charge is -2.30. The molecule has 4 heteroatoms. The topological polar surface area (TPSA) is 45.1 Å². The van der Waals surface area contributed by atoms with Crippen molar-refractivity contribution in [3.8, 4) is 0 Å². The molecule has 1 saturated heterocycles. The molecular weight excluding hydrogens is 204 g/mol. The fourth-order valence-electron chi connectivity index (χ4n) is 1.69. The maximum atomic E-state index is 8.63. The third-order valence-corrected chi connectivity index (χ3v) is 2.86. The predicted octanol–water partition coefficient (Wildman–Crippen LogP) is 1.52. The second kappa shape index (κ2) is 5.85. The van der Waals surface area contributed by atoms with Gasteiger partial charge in [-0.1, -0.05) is 20.4 Å². The Bertz CT molecular complexity index is 298. The zero-order valence-corrected chi connectivity index (χ0v) is 10.1. The fraction of sp³-hybridized carbons (Fsp3) is 0.667. The van der Waals surface area contributed by atoms with Gasteiger partial charge in [-0.3, -0.25) is 4.90 Å². The number of oxime groups is 1. The molecule has 1 aliphatic heterocycles. The number of nitrogens with zero attached hydrogens (tertiary/aromatic N) is 2. The highest BCUT2D eigenvalue weighted by atomic mass is 16.5. The first kappa shape index (κ1) is 13.0. The number of rotatable bonds is 4. The van der Waals surface area contributed by atoms with Crippen molar-refractivity contribution in [2.24, 2.45) is 10.6 Å². The van der Waals surface area contributed by atoms with Crippen LogP contribution in [0, 0.1) is 5.41 Å². The van der Waals surface area contributed by atoms with Crippen LogP contribution in [0.15, 0.2) is 23.0 Å². The van der Waals surface area contributed by atoms with Crippen LogP contribution >= 0.6 is 0 Å². The monoisotopic (exact) mass is 224 g/mol. The lowest BCUT2D eigenvalue weighted by atomic mass is 9.85. The van der Waals surface area contributed by atoms with Gasteiger partial charge in [-0.2, -0.15) is 0 Å². The summed E-state index contributed by atoms with van der Waals surface area (Å²) in [6.45, 7) is 11.9. The third kappa shape index (κ3) is 3.49. The molecule has 1 rings (SSSR count). The van der Waals surface area contributed by atoms with Crippen LogP contribution in [-0.4, -0.2) is 49.2 Å². The van der Waals surface area contributed by atoms with Gasteiger partial charge >= 0.3 is 0 Å². The summed E-state index contributed by atoms with van der Waals surface area (Å²) in [7, 11) is 0. The van der Waals surface area contributed by atoms with Gasteiger partial charge in [-0.25, -0.2) is 0 Å². The molecule has 90 valence electrons. The van der Waals surface area contributed by atoms with Crippen LogP contribution in [-0.2, 0) is 4.74 Å². The fourth-order valence-corrected chi connectivity index (χ4v) is 1.69. The molecule has 0 atom stereocenters. The van der Waals surface area contributed by atoms with Crippen molar-refractivity contribution in [2.75, 3.05) is 32.8 Å². The largest absolute Gasteiger partial charge is 0.411 e. The predicted molar refractivity (Wildman–Crippen MR) is 64.0 cm³/mol. The van der Waals surface area contributed by atoms with Gasteiger partial charge < -0.3 is 9.94 Å². The van der Waals surface area contributed by atoms with E-state index in [1.165, 1.54) is 6.21 Å². The first-order valence-electron chi connectivity index (χ1n) is 5.48. The molecule has 0 aromatic rings. The van der Waals surface area contributed by atoms with E-state index in [9.17, 15) is 0 Å². The minimum atomic E-state index is -0.311. The molecule has 0 saturated carbocycles. The highest BCUT2D eigenvalue weighted by Gasteiger charge is 2.24. The molecule has 0 spiro atoms. The molecule has 0 aromatic heterocycles. The summed E-state index contributed by atoms with van der Waals surface area (Å²) in [6, 6.07) is 0. The average Bonchev–Trinajstić information content (AvgIpc) is 2.27. The lowest BCUT2D eigenvalue weighted by Crippen LogP contribution is -2.39. The molecule has 1 heterocycles. The quantitative estimate of drug-likeness (QED) is 0.341. The van der Waals surface area contributed by atoms with Crippen molar-refractivity contribution >= 4 is 6.21 Å². The summed E-state index contributed by atoms with van der Waals surface area (Å²) < 4.78 is 5.29. The van der Waals surface area contributed by atoms with Gasteiger partial charge in [0.25, 0.3) is 0 Å². The molecule has 1 N–H and O–H groups in total. The number of morpholine rings is 1. The Labute approximate surface area is 96.9 Å². The van der Waals surface area contributed by atoms with E-state index >= 15 is 0 Å². The summed E-state index contributed by atoms with van der Waals surface area (Å²) in [5.74, 6) is 0. The average molecular weight is 224 g/mol. The van der Waals surface area contributed by atoms with E-state index in [1.54, 1.807) is 0 Å². The molecule has 16 heavy (non-hydrogen) atoms. The smallest absolute Gasteiger partial charge is 0.0594 e. The summed E-state index contributed by atoms with van der Waals surface area (Å²) >= 11 is 0. The van der Waals surface area contributed by atoms with Gasteiger partial charge in [-0.15, -0.1) is 10.9 Å². The molecule has 4 nitrogen and oxygen atoms in total. The second-order valence-corrected chi connectivity index (χ2v) is 4.51. The molecule has 0 unspecified atom stereocenters. The zero-order chi connectivity index (χ0) is 12.0. The minimum Gasteiger partial charge on any atom is -0.411 e. The van der Waals surface area contributed by atoms with Crippen LogP contribution in [0.3, 0.4) is 0 Å². The first-order chi connectivity index (χ1) is 7.60. The van der Waals surface area contributed by atoms with E-state index in [4.69, 9.17) is 9.94 Å². The van der Waals surface area contributed by atoms with Gasteiger partial charge in [-0.05, 0) is 5.57 Å². The van der Waals surface area contributed by atoms with Gasteiger partial charge in [0, 0.05) is 25.0 Å². The normalized spacial score (nSPS) is 18.6. The Morgan fingerprint density at radius 3 is 2.69 bits per heavy atom. The van der Waals surface area contributed by atoms with E-state index in [2.05, 4.69) is 22.4 Å². The Morgan fingerprint density at radius 1 is 1.56 bits per heavy atom. The standard InChI is InChI=1S/C12H20N2O2/c1-4-11(12(2,3)10-13-15)9-14-5-7-16-8-6-14/h10,15H,1,5-9H2,2-3H3/b13-10+. The van der Waals surface area contributed by atoms with Crippen molar-refractivity contribution in [1.29, 1.82) is 0 Å². The van der Waals surface area contributed by atoms with Crippen molar-refractivity contribution in [3.05, 3.63) is 17.9 Å². The van der Waals surface area contributed by atoms with Crippen LogP contribution in [0.4, 0.5) is 0 Å². The van der Waals surface area contributed by atoms with Crippen LogP contribution < -0.4 is 0 Å². The maximum absolute atomic E-state index is 8.63. The molecule has 0 radical (unpaired) electrons. The van der Waals surface area contributed by atoms with Crippen molar-refractivity contribution < 1.29 is 9.94 Å². The highest BCUT2D eigenvalue weighted by Crippen LogP contribution is 2.24. The summed E-state index contributed by atoms with van der Waals surface area (Å²) in [4.78, 5) is 2.30. The first-order valence-corrected chi connectivity index (χ1v) is 5.48. The minimum absolute atomic E-state index is 0.311. The molecule has 0 aliphatic carbocycles. The summed E-state index contributed by atoms with van der Waals surface area (Å²) in [6.07, 6.45) is 1.51. The van der Waals surface area contributed by atoms with E-state index in [1.807, 2.05) is 13.8 Å². The maximum Gasteiger partial charge on any atom is 0.0594 e. The summed E-state index contributed by atoms with van der Waals surface area (Å²) in [5.41, 5.74) is 3.68. The third-order valence-electron chi connectivity index (χ3n) is 2.86. The Morgan fingerprint density at radius 2 is 2.19 bits per heavy atom. The van der Waals surface area contributed by atoms with Crippen LogP contribution in [0.1, 0.15) is 13.8 Å². The Balaban J connectivity index is 2.65. The highest BCUT2D eigenvalue weighted by molar-refractivity contribution is 5.68. The molecule has 1 aliphatic rings. The lowest BCUT2D eigenvalue weighted by molar-refractivity contribution is 0.0410. The van der Waals surface area contributed by atoms with Gasteiger partial charge in [0.2, 0.25) is 0 Å². The molecule has 0 aromatic carbocycles. The van der Waals surface area contributed by atoms with Crippen LogP contribution in [0.25, 0.3) is 0 Å². The number of hydrogen-bond acceptors (Lipinski definition) is 4. The van der Waals surface area contributed by atoms with E-state index < -0.39 is 0 Å². The van der Waals surface area contributed by atoms with Crippen LogP contribution in [0.2, 0.25) is 0 Å². The van der Waals surface area contributed by atoms with E-state index in [-0.39, 0.29) is 5.41 Å². The van der Waals surface area contributed by atoms with Crippen molar-refractivity contribution in [2.45, 2.75) is 13.8 Å². The van der Waals surface area contributed by atoms with Gasteiger partial charge in [0.05, 0.1) is 19.4 Å². The van der Waals surface area contributed by atoms with Crippen molar-refractivity contribution in [3.63, 3.8) is 0 Å². The molecule has 0 bridgehead atoms. The van der Waals surface area contributed by atoms with E-state index in [0.717, 1.165) is 38.4 Å². The Kier molecular flexibility index (Phi) is 4.74. The van der Waals surface area contributed by atoms with Crippen LogP contribution in [0.5, 0.6) is 0 Å². The molecule has 0 amide bonds. The SMILES string of the molecule is C=C=C(CN1CCOCC1)C(C)(C)/C=N/O. The number of hydrogen-bond donors (Lipinski definition) is 1. The second-order valence-electron chi connectivity index (χ2n) is 4.51. The Hall–Kier alpha value is -1.09. The van der Waals surface area contributed by atoms with E-state index in [0.29, 0.717) is 0 Å². The van der Waals surface area contributed by atoms with Crippen molar-refractivity contribution in [1.82, 2.24) is 4.90 Å². The van der Waals surface area contributed by atoms with Gasteiger partial charge in [0.15, 0.2) is 0 Å². The summed E-state index contributed by atoms with van der Waals surface area (Å²) in [5, 5.41) is 11.7.